The fraction of sp³-hybridized carbons (Fsp3) is 0.500. The fourth-order valence-corrected chi connectivity index (χ4v) is 6.60. The molecule has 2 aliphatic rings. The number of fused-ring (bicyclic) bond motifs is 1. The fourth-order valence-electron chi connectivity index (χ4n) is 6.60. The Bertz CT molecular complexity index is 1470. The lowest BCUT2D eigenvalue weighted by molar-refractivity contribution is -0.884. The van der Waals surface area contributed by atoms with E-state index in [1.165, 1.54) is 0 Å². The van der Waals surface area contributed by atoms with Gasteiger partial charge in [-0.2, -0.15) is 5.10 Å². The Morgan fingerprint density at radius 3 is 2.67 bits per heavy atom. The molecule has 1 N–H and O–H groups in total. The van der Waals surface area contributed by atoms with Crippen LogP contribution in [0.3, 0.4) is 0 Å². The van der Waals surface area contributed by atoms with Gasteiger partial charge >= 0.3 is 5.97 Å². The van der Waals surface area contributed by atoms with Crippen molar-refractivity contribution in [2.45, 2.75) is 51.2 Å². The van der Waals surface area contributed by atoms with Gasteiger partial charge in [-0.25, -0.2) is 0 Å². The highest BCUT2D eigenvalue weighted by Gasteiger charge is 2.47. The van der Waals surface area contributed by atoms with E-state index in [4.69, 9.17) is 14.2 Å². The van der Waals surface area contributed by atoms with Crippen molar-refractivity contribution in [2.75, 3.05) is 59.6 Å². The number of aryl methyl sites for hydroxylation is 1. The van der Waals surface area contributed by atoms with Crippen LogP contribution in [-0.2, 0) is 22.7 Å². The summed E-state index contributed by atoms with van der Waals surface area (Å²) in [6.45, 7) is 4.68. The number of anilines is 1. The van der Waals surface area contributed by atoms with Crippen molar-refractivity contribution in [3.63, 3.8) is 0 Å². The number of hydrogen-bond acceptors (Lipinski definition) is 7. The van der Waals surface area contributed by atoms with Gasteiger partial charge in [0.25, 0.3) is 0 Å². The van der Waals surface area contributed by atoms with Crippen LogP contribution in [0.5, 0.6) is 17.2 Å². The number of benzene rings is 2. The first kappa shape index (κ1) is 32.3. The summed E-state index contributed by atoms with van der Waals surface area (Å²) in [5.41, 5.74) is 2.83. The minimum absolute atomic E-state index is 0.0389. The lowest BCUT2D eigenvalue weighted by Gasteiger charge is -2.30. The van der Waals surface area contributed by atoms with Crippen LogP contribution in [0.2, 0.25) is 0 Å². The molecule has 0 bridgehead atoms. The minimum atomic E-state index is -0.895. The average Bonchev–Trinajstić information content (AvgIpc) is 3.75. The third-order valence-corrected chi connectivity index (χ3v) is 8.61. The molecule has 1 aromatic heterocycles. The molecule has 2 aromatic carbocycles. The number of hydrogen-bond donors (Lipinski definition) is 1. The normalized spacial score (nSPS) is 19.5. The second kappa shape index (κ2) is 13.9. The van der Waals surface area contributed by atoms with Gasteiger partial charge in [-0.3, -0.25) is 19.2 Å². The van der Waals surface area contributed by atoms with E-state index < -0.39 is 23.8 Å². The number of likely N-dealkylation sites (tertiary alicyclic amines) is 1. The molecular weight excluding hydrogens is 574 g/mol. The Kier molecular flexibility index (Phi) is 9.99. The van der Waals surface area contributed by atoms with Gasteiger partial charge in [-0.1, -0.05) is 25.5 Å². The molecule has 1 fully saturated rings. The van der Waals surface area contributed by atoms with Crippen LogP contribution in [0.15, 0.2) is 54.9 Å². The Morgan fingerprint density at radius 1 is 1.16 bits per heavy atom. The van der Waals surface area contributed by atoms with Crippen LogP contribution in [0.1, 0.15) is 43.2 Å². The number of carbonyl (C=O) groups is 2. The molecule has 3 heterocycles. The molecule has 1 saturated heterocycles. The standard InChI is InChI=1S/C34H45N5O6/c1-6-7-15-38(26-11-8-10-24(17-26)22-39(2,3)4)31(40)21-36-20-27(25-18-29(43-5)33-30(19-25)44-23-45-33)32(34(41)42)28(36)12-16-37-14-9-13-35-37/h8-11,13-14,17-19,27-28,32H,6-7,12,15-16,20-23H2,1-5H3/p+1/t27-,28+,32?/m1/s1. The maximum atomic E-state index is 14.2. The van der Waals surface area contributed by atoms with E-state index in [1.54, 1.807) is 13.3 Å². The molecule has 45 heavy (non-hydrogen) atoms. The van der Waals surface area contributed by atoms with E-state index in [9.17, 15) is 14.7 Å². The number of quaternary nitrogens is 1. The second-order valence-electron chi connectivity index (χ2n) is 13.0. The number of ether oxygens (including phenoxy) is 3. The molecule has 0 radical (unpaired) electrons. The topological polar surface area (TPSA) is 106 Å². The molecule has 0 spiro atoms. The molecule has 1 unspecified atom stereocenters. The van der Waals surface area contributed by atoms with Gasteiger partial charge < -0.3 is 28.7 Å². The second-order valence-corrected chi connectivity index (χ2v) is 13.0. The Labute approximate surface area is 265 Å². The summed E-state index contributed by atoms with van der Waals surface area (Å²) >= 11 is 0. The van der Waals surface area contributed by atoms with E-state index >= 15 is 0 Å². The van der Waals surface area contributed by atoms with Crippen LogP contribution in [0.25, 0.3) is 0 Å². The monoisotopic (exact) mass is 620 g/mol. The van der Waals surface area contributed by atoms with Crippen molar-refractivity contribution < 1.29 is 33.4 Å². The third-order valence-electron chi connectivity index (χ3n) is 8.61. The van der Waals surface area contributed by atoms with E-state index in [0.29, 0.717) is 43.3 Å². The van der Waals surface area contributed by atoms with Gasteiger partial charge in [0.15, 0.2) is 11.5 Å². The Hall–Kier alpha value is -4.09. The van der Waals surface area contributed by atoms with Gasteiger partial charge in [-0.15, -0.1) is 0 Å². The highest BCUT2D eigenvalue weighted by molar-refractivity contribution is 5.95. The predicted molar refractivity (Wildman–Crippen MR) is 171 cm³/mol. The van der Waals surface area contributed by atoms with Crippen LogP contribution in [0, 0.1) is 5.92 Å². The summed E-state index contributed by atoms with van der Waals surface area (Å²) in [4.78, 5) is 31.1. The zero-order valence-electron chi connectivity index (χ0n) is 27.0. The van der Waals surface area contributed by atoms with Crippen LogP contribution in [0.4, 0.5) is 5.69 Å². The zero-order chi connectivity index (χ0) is 32.1. The SMILES string of the molecule is CCCCN(C(=O)CN1C[C@H](c2cc(OC)c3c(c2)OCO3)C(C(=O)O)[C@@H]1CCn1cccn1)c1cccc(C[N+](C)(C)C)c1. The number of rotatable bonds is 14. The van der Waals surface area contributed by atoms with Crippen molar-refractivity contribution in [1.82, 2.24) is 14.7 Å². The largest absolute Gasteiger partial charge is 0.493 e. The number of carboxylic acid groups (broad SMARTS) is 1. The number of unbranched alkanes of at least 4 members (excludes halogenated alkanes) is 1. The van der Waals surface area contributed by atoms with Gasteiger partial charge in [0, 0.05) is 55.2 Å². The summed E-state index contributed by atoms with van der Waals surface area (Å²) in [6.07, 6.45) is 5.93. The van der Waals surface area contributed by atoms with Gasteiger partial charge in [0.2, 0.25) is 18.4 Å². The molecule has 3 aromatic rings. The Balaban J connectivity index is 1.46. The summed E-state index contributed by atoms with van der Waals surface area (Å²) in [5, 5.41) is 15.0. The third kappa shape index (κ3) is 7.59. The molecule has 1 amide bonds. The summed E-state index contributed by atoms with van der Waals surface area (Å²) in [6, 6.07) is 13.4. The molecule has 11 heteroatoms. The molecule has 3 atom stereocenters. The van der Waals surface area contributed by atoms with Crippen LogP contribution >= 0.6 is 0 Å². The minimum Gasteiger partial charge on any atom is -0.493 e. The van der Waals surface area contributed by atoms with E-state index in [2.05, 4.69) is 50.2 Å². The highest BCUT2D eigenvalue weighted by Crippen LogP contribution is 2.47. The maximum Gasteiger partial charge on any atom is 0.308 e. The average molecular weight is 621 g/mol. The van der Waals surface area contributed by atoms with E-state index in [-0.39, 0.29) is 19.2 Å². The van der Waals surface area contributed by atoms with Crippen LogP contribution in [-0.4, -0.2) is 96.9 Å². The van der Waals surface area contributed by atoms with Crippen molar-refractivity contribution in [3.8, 4) is 17.2 Å². The Morgan fingerprint density at radius 2 is 1.98 bits per heavy atom. The number of nitrogens with zero attached hydrogens (tertiary/aromatic N) is 5. The predicted octanol–water partition coefficient (Wildman–Crippen LogP) is 4.22. The first-order chi connectivity index (χ1) is 21.6. The molecular formula is C34H46N5O6+. The lowest BCUT2D eigenvalue weighted by atomic mass is 9.84. The van der Waals surface area contributed by atoms with Crippen LogP contribution < -0.4 is 19.1 Å². The lowest BCUT2D eigenvalue weighted by Crippen LogP contribution is -2.45. The number of aromatic nitrogens is 2. The molecule has 11 nitrogen and oxygen atoms in total. The number of carbonyl (C=O) groups excluding carboxylic acids is 1. The first-order valence-corrected chi connectivity index (χ1v) is 15.7. The number of methoxy groups -OCH3 is 1. The zero-order valence-corrected chi connectivity index (χ0v) is 27.0. The molecule has 0 saturated carbocycles. The molecule has 2 aliphatic heterocycles. The molecule has 242 valence electrons. The summed E-state index contributed by atoms with van der Waals surface area (Å²) in [7, 11) is 8.00. The van der Waals surface area contributed by atoms with E-state index in [1.807, 2.05) is 46.1 Å². The quantitative estimate of drug-likeness (QED) is 0.267. The van der Waals surface area contributed by atoms with Crippen molar-refractivity contribution in [2.24, 2.45) is 5.92 Å². The molecule has 0 aliphatic carbocycles. The van der Waals surface area contributed by atoms with Crippen molar-refractivity contribution in [3.05, 3.63) is 66.0 Å². The summed E-state index contributed by atoms with van der Waals surface area (Å²) in [5.74, 6) is -0.515. The molecule has 5 rings (SSSR count). The van der Waals surface area contributed by atoms with Gasteiger partial charge in [-0.05, 0) is 48.7 Å². The van der Waals surface area contributed by atoms with Crippen molar-refractivity contribution in [1.29, 1.82) is 0 Å². The maximum absolute atomic E-state index is 14.2. The van der Waals surface area contributed by atoms with Crippen molar-refractivity contribution >= 4 is 17.6 Å². The number of carboxylic acids is 1. The highest BCUT2D eigenvalue weighted by atomic mass is 16.7. The summed E-state index contributed by atoms with van der Waals surface area (Å²) < 4.78 is 19.4. The van der Waals surface area contributed by atoms with E-state index in [0.717, 1.165) is 40.7 Å². The first-order valence-electron chi connectivity index (χ1n) is 15.7. The number of amides is 1. The van der Waals surface area contributed by atoms with Gasteiger partial charge in [0.1, 0.15) is 6.54 Å². The number of aliphatic carboxylic acids is 1. The van der Waals surface area contributed by atoms with Gasteiger partial charge in [0.05, 0.1) is 40.7 Å². The smallest absolute Gasteiger partial charge is 0.308 e.